The predicted molar refractivity (Wildman–Crippen MR) is 140 cm³/mol. The van der Waals surface area contributed by atoms with Gasteiger partial charge in [-0.25, -0.2) is 4.79 Å². The third-order valence-electron chi connectivity index (χ3n) is 5.77. The summed E-state index contributed by atoms with van der Waals surface area (Å²) in [6.45, 7) is 4.88. The number of nitrogens with zero attached hydrogens (tertiary/aromatic N) is 1. The average molecular weight is 514 g/mol. The summed E-state index contributed by atoms with van der Waals surface area (Å²) >= 11 is 5.54. The quantitative estimate of drug-likeness (QED) is 0.280. The predicted octanol–water partition coefficient (Wildman–Crippen LogP) is 3.67. The van der Waals surface area contributed by atoms with Gasteiger partial charge in [-0.1, -0.05) is 12.1 Å². The van der Waals surface area contributed by atoms with Crippen molar-refractivity contribution in [2.75, 3.05) is 46.4 Å². The van der Waals surface area contributed by atoms with Crippen LogP contribution in [-0.4, -0.2) is 63.0 Å². The fraction of sp³-hybridized carbons (Fsp3) is 0.346. The van der Waals surface area contributed by atoms with Gasteiger partial charge in [0.05, 0.1) is 32.4 Å². The van der Waals surface area contributed by atoms with E-state index in [0.29, 0.717) is 46.6 Å². The molecule has 0 aromatic heterocycles. The lowest BCUT2D eigenvalue weighted by molar-refractivity contribution is -0.140. The zero-order valence-electron chi connectivity index (χ0n) is 21.0. The summed E-state index contributed by atoms with van der Waals surface area (Å²) < 4.78 is 20.9. The van der Waals surface area contributed by atoms with Gasteiger partial charge in [0.1, 0.15) is 18.1 Å². The lowest BCUT2D eigenvalue weighted by atomic mass is 9.95. The Morgan fingerprint density at radius 1 is 1.03 bits per heavy atom. The van der Waals surface area contributed by atoms with Crippen LogP contribution in [-0.2, 0) is 14.3 Å². The molecule has 0 radical (unpaired) electrons. The Morgan fingerprint density at radius 2 is 1.67 bits per heavy atom. The molecule has 1 aliphatic rings. The zero-order chi connectivity index (χ0) is 26.2. The summed E-state index contributed by atoms with van der Waals surface area (Å²) in [7, 11) is 4.60. The second kappa shape index (κ2) is 12.4. The van der Waals surface area contributed by atoms with Crippen molar-refractivity contribution < 1.29 is 28.5 Å². The van der Waals surface area contributed by atoms with Crippen molar-refractivity contribution in [2.24, 2.45) is 0 Å². The van der Waals surface area contributed by atoms with E-state index >= 15 is 0 Å². The first-order valence-electron chi connectivity index (χ1n) is 11.4. The van der Waals surface area contributed by atoms with E-state index in [-0.39, 0.29) is 12.5 Å². The van der Waals surface area contributed by atoms with Gasteiger partial charge in [-0.3, -0.25) is 4.79 Å². The number of carbonyl (C=O) groups excluding carboxylic acids is 2. The summed E-state index contributed by atoms with van der Waals surface area (Å²) in [5, 5.41) is 6.65. The number of thiocarbonyl (C=S) groups is 1. The van der Waals surface area contributed by atoms with Gasteiger partial charge in [-0.2, -0.15) is 0 Å². The molecule has 36 heavy (non-hydrogen) atoms. The molecule has 1 amide bonds. The van der Waals surface area contributed by atoms with Crippen molar-refractivity contribution in [3.63, 3.8) is 0 Å². The minimum atomic E-state index is -0.497. The number of nitrogens with one attached hydrogen (secondary N) is 2. The highest BCUT2D eigenvalue weighted by Crippen LogP contribution is 2.32. The summed E-state index contributed by atoms with van der Waals surface area (Å²) in [5.74, 6) is 0.283. The molecule has 9 nitrogen and oxygen atoms in total. The second-order valence-corrected chi connectivity index (χ2v) is 8.32. The van der Waals surface area contributed by atoms with Gasteiger partial charge in [0, 0.05) is 36.7 Å². The second-order valence-electron chi connectivity index (χ2n) is 7.93. The summed E-state index contributed by atoms with van der Waals surface area (Å²) in [5.41, 5.74) is 2.99. The van der Waals surface area contributed by atoms with Gasteiger partial charge in [0.25, 0.3) is 5.91 Å². The number of hydrogen-bond acceptors (Lipinski definition) is 7. The molecule has 3 rings (SSSR count). The van der Waals surface area contributed by atoms with Gasteiger partial charge < -0.3 is 34.5 Å². The number of anilines is 1. The molecule has 0 saturated carbocycles. The Labute approximate surface area is 216 Å². The molecular formula is C26H31N3O6S. The van der Waals surface area contributed by atoms with E-state index in [4.69, 9.17) is 31.2 Å². The van der Waals surface area contributed by atoms with Gasteiger partial charge in [0.15, 0.2) is 5.11 Å². The van der Waals surface area contributed by atoms with Crippen molar-refractivity contribution >= 4 is 34.9 Å². The average Bonchev–Trinajstić information content (AvgIpc) is 2.88. The van der Waals surface area contributed by atoms with Crippen LogP contribution in [0, 0.1) is 0 Å². The fourth-order valence-electron chi connectivity index (χ4n) is 3.87. The van der Waals surface area contributed by atoms with E-state index in [1.54, 1.807) is 37.4 Å². The first-order chi connectivity index (χ1) is 17.3. The maximum atomic E-state index is 13.0. The van der Waals surface area contributed by atoms with Crippen LogP contribution < -0.4 is 20.1 Å². The Bertz CT molecular complexity index is 1130. The van der Waals surface area contributed by atoms with E-state index in [0.717, 1.165) is 11.3 Å². The van der Waals surface area contributed by atoms with Gasteiger partial charge in [-0.15, -0.1) is 0 Å². The third kappa shape index (κ3) is 6.13. The van der Waals surface area contributed by atoms with Crippen LogP contribution in [0.1, 0.15) is 35.8 Å². The molecule has 0 spiro atoms. The van der Waals surface area contributed by atoms with Crippen molar-refractivity contribution in [1.29, 1.82) is 0 Å². The molecule has 0 saturated heterocycles. The Hall–Kier alpha value is -3.63. The molecule has 2 aromatic carbocycles. The molecule has 1 heterocycles. The molecule has 0 fully saturated rings. The fourth-order valence-corrected chi connectivity index (χ4v) is 4.26. The number of rotatable bonds is 10. The number of benzene rings is 2. The summed E-state index contributed by atoms with van der Waals surface area (Å²) in [6, 6.07) is 11.7. The molecule has 0 aliphatic carbocycles. The minimum Gasteiger partial charge on any atom is -0.497 e. The van der Waals surface area contributed by atoms with Gasteiger partial charge in [-0.05, 0) is 55.9 Å². The van der Waals surface area contributed by atoms with Crippen molar-refractivity contribution in [2.45, 2.75) is 19.9 Å². The molecule has 192 valence electrons. The topological polar surface area (TPSA) is 98.4 Å². The molecule has 1 unspecified atom stereocenters. The maximum Gasteiger partial charge on any atom is 0.338 e. The van der Waals surface area contributed by atoms with Crippen LogP contribution in [0.4, 0.5) is 5.69 Å². The highest BCUT2D eigenvalue weighted by Gasteiger charge is 2.34. The molecule has 2 aromatic rings. The monoisotopic (exact) mass is 513 g/mol. The maximum absolute atomic E-state index is 13.0. The largest absolute Gasteiger partial charge is 0.497 e. The Kier molecular flexibility index (Phi) is 9.26. The van der Waals surface area contributed by atoms with E-state index in [9.17, 15) is 9.59 Å². The summed E-state index contributed by atoms with van der Waals surface area (Å²) in [6.07, 6.45) is 0. The van der Waals surface area contributed by atoms with Gasteiger partial charge >= 0.3 is 5.97 Å². The normalized spacial score (nSPS) is 15.3. The highest BCUT2D eigenvalue weighted by atomic mass is 32.1. The van der Waals surface area contributed by atoms with Gasteiger partial charge in [0.2, 0.25) is 0 Å². The highest BCUT2D eigenvalue weighted by molar-refractivity contribution is 7.80. The molecule has 1 atom stereocenters. The SMILES string of the molecule is CCN1C(=S)NC(c2ccc(NC(=O)c3cc(OC)cc(OC)c3)cc2)C(C(=O)OCCOC)=C1C. The smallest absolute Gasteiger partial charge is 0.338 e. The number of amides is 1. The van der Waals surface area contributed by atoms with Crippen LogP contribution in [0.5, 0.6) is 11.5 Å². The first-order valence-corrected chi connectivity index (χ1v) is 11.8. The van der Waals surface area contributed by atoms with E-state index in [1.165, 1.54) is 14.2 Å². The van der Waals surface area contributed by atoms with Crippen LogP contribution in [0.3, 0.4) is 0 Å². The Morgan fingerprint density at radius 3 is 2.22 bits per heavy atom. The zero-order valence-corrected chi connectivity index (χ0v) is 21.9. The third-order valence-corrected chi connectivity index (χ3v) is 6.11. The molecule has 2 N–H and O–H groups in total. The van der Waals surface area contributed by atoms with Crippen molar-refractivity contribution in [3.8, 4) is 11.5 Å². The van der Waals surface area contributed by atoms with Crippen molar-refractivity contribution in [1.82, 2.24) is 10.2 Å². The summed E-state index contributed by atoms with van der Waals surface area (Å²) in [4.78, 5) is 27.7. The van der Waals surface area contributed by atoms with Crippen LogP contribution in [0.25, 0.3) is 0 Å². The van der Waals surface area contributed by atoms with E-state index in [2.05, 4.69) is 10.6 Å². The number of methoxy groups -OCH3 is 3. The molecule has 10 heteroatoms. The molecule has 0 bridgehead atoms. The molecular weight excluding hydrogens is 482 g/mol. The minimum absolute atomic E-state index is 0.148. The number of allylic oxidation sites excluding steroid dienone is 1. The first kappa shape index (κ1) is 27.0. The van der Waals surface area contributed by atoms with Crippen LogP contribution in [0.2, 0.25) is 0 Å². The molecule has 1 aliphatic heterocycles. The van der Waals surface area contributed by atoms with Crippen LogP contribution in [0.15, 0.2) is 53.7 Å². The number of ether oxygens (including phenoxy) is 4. The number of carbonyl (C=O) groups is 2. The lowest BCUT2D eigenvalue weighted by Crippen LogP contribution is -2.47. The van der Waals surface area contributed by atoms with Crippen molar-refractivity contribution in [3.05, 3.63) is 64.9 Å². The number of hydrogen-bond donors (Lipinski definition) is 2. The van der Waals surface area contributed by atoms with E-state index in [1.807, 2.05) is 30.9 Å². The van der Waals surface area contributed by atoms with Crippen LogP contribution >= 0.6 is 12.2 Å². The number of esters is 1. The Balaban J connectivity index is 1.84. The lowest BCUT2D eigenvalue weighted by Gasteiger charge is -2.37. The van der Waals surface area contributed by atoms with E-state index < -0.39 is 12.0 Å². The standard InChI is InChI=1S/C26H31N3O6S/c1-6-29-16(2)22(25(31)35-12-11-32-3)23(28-26(29)36)17-7-9-19(10-8-17)27-24(30)18-13-20(33-4)15-21(14-18)34-5/h7-10,13-15,23H,6,11-12H2,1-5H3,(H,27,30)(H,28,36).